The molecular weight excluding hydrogens is 267 g/mol. The summed E-state index contributed by atoms with van der Waals surface area (Å²) in [6.07, 6.45) is -0.714. The van der Waals surface area contributed by atoms with Crippen molar-refractivity contribution < 1.29 is 17.9 Å². The van der Waals surface area contributed by atoms with Crippen LogP contribution in [0, 0.1) is 0 Å². The highest BCUT2D eigenvalue weighted by Gasteiger charge is 2.32. The summed E-state index contributed by atoms with van der Waals surface area (Å²) in [5.74, 6) is -0.109. The van der Waals surface area contributed by atoms with E-state index in [0.717, 1.165) is 25.7 Å². The number of para-hydroxylation sites is 1. The fraction of sp³-hybridized carbons (Fsp3) is 0.600. The number of halogens is 3. The molecule has 1 rings (SSSR count). The molecule has 0 amide bonds. The maximum atomic E-state index is 12.4. The van der Waals surface area contributed by atoms with E-state index in [-0.39, 0.29) is 11.8 Å². The van der Waals surface area contributed by atoms with Gasteiger partial charge in [0, 0.05) is 11.6 Å². The molecule has 0 aliphatic rings. The number of nitrogens with one attached hydrogen (secondary N) is 1. The van der Waals surface area contributed by atoms with Gasteiger partial charge in [-0.15, -0.1) is 13.2 Å². The molecule has 2 nitrogen and oxygen atoms in total. The highest BCUT2D eigenvalue weighted by Crippen LogP contribution is 2.32. The minimum Gasteiger partial charge on any atom is -0.405 e. The standard InChI is InChI=1S/C15H22F3NO/c1-3-5-6-10-13(19-4-2)12-9-7-8-11-14(12)20-15(16,17)18/h7-9,11,13,19H,3-6,10H2,1-2H3. The zero-order chi connectivity index (χ0) is 15.0. The molecule has 0 aliphatic carbocycles. The van der Waals surface area contributed by atoms with E-state index < -0.39 is 6.36 Å². The molecule has 1 N–H and O–H groups in total. The van der Waals surface area contributed by atoms with Crippen molar-refractivity contribution in [1.29, 1.82) is 0 Å². The fourth-order valence-electron chi connectivity index (χ4n) is 2.20. The Kier molecular flexibility index (Phi) is 6.85. The maximum Gasteiger partial charge on any atom is 0.573 e. The van der Waals surface area contributed by atoms with Crippen LogP contribution in [0.1, 0.15) is 51.1 Å². The lowest BCUT2D eigenvalue weighted by molar-refractivity contribution is -0.275. The normalized spacial score (nSPS) is 13.2. The fourth-order valence-corrected chi connectivity index (χ4v) is 2.20. The molecule has 0 aliphatic heterocycles. The van der Waals surface area contributed by atoms with Gasteiger partial charge in [-0.2, -0.15) is 0 Å². The van der Waals surface area contributed by atoms with Gasteiger partial charge in [-0.25, -0.2) is 0 Å². The lowest BCUT2D eigenvalue weighted by atomic mass is 9.99. The minimum atomic E-state index is -4.66. The van der Waals surface area contributed by atoms with Gasteiger partial charge in [0.15, 0.2) is 0 Å². The van der Waals surface area contributed by atoms with E-state index >= 15 is 0 Å². The molecular formula is C15H22F3NO. The Morgan fingerprint density at radius 3 is 2.45 bits per heavy atom. The number of hydrogen-bond donors (Lipinski definition) is 1. The van der Waals surface area contributed by atoms with Crippen LogP contribution in [0.25, 0.3) is 0 Å². The van der Waals surface area contributed by atoms with Crippen molar-refractivity contribution in [2.24, 2.45) is 0 Å². The molecule has 0 saturated carbocycles. The molecule has 0 bridgehead atoms. The highest BCUT2D eigenvalue weighted by molar-refractivity contribution is 5.36. The number of hydrogen-bond acceptors (Lipinski definition) is 2. The van der Waals surface area contributed by atoms with Crippen LogP contribution in [0.3, 0.4) is 0 Å². The smallest absolute Gasteiger partial charge is 0.405 e. The monoisotopic (exact) mass is 289 g/mol. The van der Waals surface area contributed by atoms with Crippen LogP contribution in [0.5, 0.6) is 5.75 Å². The quantitative estimate of drug-likeness (QED) is 0.693. The summed E-state index contributed by atoms with van der Waals surface area (Å²) in [6, 6.07) is 6.25. The molecule has 0 heterocycles. The molecule has 0 saturated heterocycles. The Labute approximate surface area is 118 Å². The van der Waals surface area contributed by atoms with E-state index in [1.54, 1.807) is 18.2 Å². The summed E-state index contributed by atoms with van der Waals surface area (Å²) in [5.41, 5.74) is 0.572. The molecule has 1 atom stereocenters. The Morgan fingerprint density at radius 2 is 1.85 bits per heavy atom. The van der Waals surface area contributed by atoms with Gasteiger partial charge in [0.2, 0.25) is 0 Å². The van der Waals surface area contributed by atoms with Gasteiger partial charge in [-0.05, 0) is 19.0 Å². The maximum absolute atomic E-state index is 12.4. The summed E-state index contributed by atoms with van der Waals surface area (Å²) in [6.45, 7) is 4.75. The number of alkyl halides is 3. The molecule has 1 unspecified atom stereocenters. The van der Waals surface area contributed by atoms with E-state index in [1.807, 2.05) is 6.92 Å². The number of benzene rings is 1. The third-order valence-corrected chi connectivity index (χ3v) is 3.07. The third kappa shape index (κ3) is 5.82. The second-order valence-electron chi connectivity index (χ2n) is 4.69. The van der Waals surface area contributed by atoms with Gasteiger partial charge >= 0.3 is 6.36 Å². The SMILES string of the molecule is CCCCCC(NCC)c1ccccc1OC(F)(F)F. The van der Waals surface area contributed by atoms with Crippen LogP contribution in [0.2, 0.25) is 0 Å². The van der Waals surface area contributed by atoms with Crippen LogP contribution in [0.15, 0.2) is 24.3 Å². The van der Waals surface area contributed by atoms with E-state index in [0.29, 0.717) is 12.1 Å². The van der Waals surface area contributed by atoms with E-state index in [2.05, 4.69) is 17.0 Å². The van der Waals surface area contributed by atoms with Crippen molar-refractivity contribution in [2.45, 2.75) is 51.9 Å². The number of ether oxygens (including phenoxy) is 1. The third-order valence-electron chi connectivity index (χ3n) is 3.07. The molecule has 20 heavy (non-hydrogen) atoms. The first-order valence-corrected chi connectivity index (χ1v) is 7.06. The van der Waals surface area contributed by atoms with Gasteiger partial charge in [0.05, 0.1) is 0 Å². The summed E-state index contributed by atoms with van der Waals surface area (Å²) in [5, 5.41) is 3.24. The Morgan fingerprint density at radius 1 is 1.15 bits per heavy atom. The van der Waals surface area contributed by atoms with Crippen LogP contribution in [-0.2, 0) is 0 Å². The largest absolute Gasteiger partial charge is 0.573 e. The first kappa shape index (κ1) is 16.8. The van der Waals surface area contributed by atoms with E-state index in [9.17, 15) is 13.2 Å². The van der Waals surface area contributed by atoms with Crippen molar-refractivity contribution in [2.75, 3.05) is 6.54 Å². The highest BCUT2D eigenvalue weighted by atomic mass is 19.4. The number of unbranched alkanes of at least 4 members (excludes halogenated alkanes) is 2. The second kappa shape index (κ2) is 8.15. The Bertz CT molecular complexity index is 393. The van der Waals surface area contributed by atoms with E-state index in [4.69, 9.17) is 0 Å². The summed E-state index contributed by atoms with van der Waals surface area (Å²) < 4.78 is 41.4. The van der Waals surface area contributed by atoms with Crippen molar-refractivity contribution in [1.82, 2.24) is 5.32 Å². The summed E-state index contributed by atoms with van der Waals surface area (Å²) >= 11 is 0. The lowest BCUT2D eigenvalue weighted by Gasteiger charge is -2.22. The molecule has 0 spiro atoms. The van der Waals surface area contributed by atoms with Crippen molar-refractivity contribution >= 4 is 0 Å². The van der Waals surface area contributed by atoms with Gasteiger partial charge < -0.3 is 10.1 Å². The summed E-state index contributed by atoms with van der Waals surface area (Å²) in [4.78, 5) is 0. The first-order chi connectivity index (χ1) is 9.48. The van der Waals surface area contributed by atoms with Crippen molar-refractivity contribution in [3.05, 3.63) is 29.8 Å². The molecule has 5 heteroatoms. The molecule has 0 radical (unpaired) electrons. The zero-order valence-corrected chi connectivity index (χ0v) is 12.0. The Hall–Kier alpha value is -1.23. The topological polar surface area (TPSA) is 21.3 Å². The van der Waals surface area contributed by atoms with Crippen molar-refractivity contribution in [3.63, 3.8) is 0 Å². The predicted molar refractivity (Wildman–Crippen MR) is 73.7 cm³/mol. The predicted octanol–water partition coefficient (Wildman–Crippen LogP) is 4.82. The van der Waals surface area contributed by atoms with Crippen LogP contribution in [0.4, 0.5) is 13.2 Å². The van der Waals surface area contributed by atoms with Crippen LogP contribution < -0.4 is 10.1 Å². The van der Waals surface area contributed by atoms with Crippen LogP contribution in [-0.4, -0.2) is 12.9 Å². The van der Waals surface area contributed by atoms with Gasteiger partial charge in [-0.1, -0.05) is 51.3 Å². The van der Waals surface area contributed by atoms with Gasteiger partial charge in [0.1, 0.15) is 5.75 Å². The Balaban J connectivity index is 2.88. The summed E-state index contributed by atoms with van der Waals surface area (Å²) in [7, 11) is 0. The molecule has 1 aromatic rings. The average molecular weight is 289 g/mol. The van der Waals surface area contributed by atoms with Gasteiger partial charge in [-0.3, -0.25) is 0 Å². The first-order valence-electron chi connectivity index (χ1n) is 7.06. The van der Waals surface area contributed by atoms with E-state index in [1.165, 1.54) is 6.07 Å². The van der Waals surface area contributed by atoms with Crippen molar-refractivity contribution in [3.8, 4) is 5.75 Å². The second-order valence-corrected chi connectivity index (χ2v) is 4.69. The molecule has 114 valence electrons. The average Bonchev–Trinajstić information content (AvgIpc) is 2.37. The molecule has 0 fully saturated rings. The zero-order valence-electron chi connectivity index (χ0n) is 12.0. The lowest BCUT2D eigenvalue weighted by Crippen LogP contribution is -2.24. The van der Waals surface area contributed by atoms with Gasteiger partial charge in [0.25, 0.3) is 0 Å². The molecule has 0 aromatic heterocycles. The van der Waals surface area contributed by atoms with Crippen LogP contribution >= 0.6 is 0 Å². The molecule has 1 aromatic carbocycles. The number of rotatable bonds is 8. The minimum absolute atomic E-state index is 0.106.